The van der Waals surface area contributed by atoms with Gasteiger partial charge in [0.1, 0.15) is 0 Å². The molecule has 3 unspecified atom stereocenters. The molecule has 1 aromatic rings. The van der Waals surface area contributed by atoms with Gasteiger partial charge >= 0.3 is 0 Å². The van der Waals surface area contributed by atoms with Crippen LogP contribution in [0, 0.1) is 5.92 Å². The highest BCUT2D eigenvalue weighted by molar-refractivity contribution is 5.76. The van der Waals surface area contributed by atoms with Crippen molar-refractivity contribution in [2.45, 2.75) is 37.1 Å². The molecule has 1 N–H and O–H groups in total. The molecule has 5 nitrogen and oxygen atoms in total. The van der Waals surface area contributed by atoms with Crippen LogP contribution in [0.5, 0.6) is 0 Å². The molecule has 0 radical (unpaired) electrons. The molecule has 5 saturated heterocycles. The van der Waals surface area contributed by atoms with Crippen molar-refractivity contribution in [3.63, 3.8) is 0 Å². The van der Waals surface area contributed by atoms with Crippen molar-refractivity contribution in [2.24, 2.45) is 5.92 Å². The van der Waals surface area contributed by atoms with Crippen molar-refractivity contribution in [3.05, 3.63) is 35.9 Å². The van der Waals surface area contributed by atoms with Crippen molar-refractivity contribution in [3.8, 4) is 0 Å². The number of fused-ring (bicyclic) bond motifs is 1. The number of likely N-dealkylation sites (tertiary alicyclic amines) is 1. The van der Waals surface area contributed by atoms with Gasteiger partial charge in [0.15, 0.2) is 0 Å². The Hall–Kier alpha value is -1.43. The molecule has 0 aliphatic carbocycles. The second-order valence-electron chi connectivity index (χ2n) is 9.45. The zero-order valence-electron chi connectivity index (χ0n) is 17.0. The van der Waals surface area contributed by atoms with Crippen LogP contribution in [-0.2, 0) is 10.2 Å². The lowest BCUT2D eigenvalue weighted by molar-refractivity contribution is -0.124. The zero-order chi connectivity index (χ0) is 19.0. The maximum Gasteiger partial charge on any atom is 0.220 e. The minimum Gasteiger partial charge on any atom is -0.352 e. The van der Waals surface area contributed by atoms with E-state index in [-0.39, 0.29) is 17.4 Å². The Balaban J connectivity index is 1.31. The molecule has 0 saturated carbocycles. The fourth-order valence-electron chi connectivity index (χ4n) is 6.28. The van der Waals surface area contributed by atoms with E-state index in [1.54, 1.807) is 0 Å². The summed E-state index contributed by atoms with van der Waals surface area (Å²) in [5.41, 5.74) is 1.43. The van der Waals surface area contributed by atoms with Gasteiger partial charge in [0.2, 0.25) is 5.91 Å². The van der Waals surface area contributed by atoms with Crippen LogP contribution in [0.4, 0.5) is 0 Å². The van der Waals surface area contributed by atoms with E-state index in [4.69, 9.17) is 0 Å². The molecule has 0 spiro atoms. The van der Waals surface area contributed by atoms with Gasteiger partial charge in [0, 0.05) is 63.1 Å². The molecule has 3 atom stereocenters. The van der Waals surface area contributed by atoms with Crippen LogP contribution in [0.25, 0.3) is 0 Å². The average molecular weight is 383 g/mol. The molecule has 28 heavy (non-hydrogen) atoms. The summed E-state index contributed by atoms with van der Waals surface area (Å²) in [7, 11) is 0. The molecule has 5 heterocycles. The van der Waals surface area contributed by atoms with E-state index in [1.165, 1.54) is 44.6 Å². The molecule has 5 heteroatoms. The van der Waals surface area contributed by atoms with E-state index in [2.05, 4.69) is 50.3 Å². The fraction of sp³-hybridized carbons (Fsp3) is 0.696. The summed E-state index contributed by atoms with van der Waals surface area (Å²) in [6.07, 6.45) is 4.29. The Labute approximate surface area is 169 Å². The Kier molecular flexibility index (Phi) is 5.16. The number of hydrogen-bond acceptors (Lipinski definition) is 4. The van der Waals surface area contributed by atoms with E-state index >= 15 is 0 Å². The van der Waals surface area contributed by atoms with Crippen molar-refractivity contribution in [1.82, 2.24) is 20.0 Å². The lowest BCUT2D eigenvalue weighted by Gasteiger charge is -2.55. The van der Waals surface area contributed by atoms with Crippen LogP contribution >= 0.6 is 0 Å². The predicted octanol–water partition coefficient (Wildman–Crippen LogP) is 1.55. The second kappa shape index (κ2) is 7.77. The number of amides is 1. The van der Waals surface area contributed by atoms with Gasteiger partial charge < -0.3 is 20.0 Å². The van der Waals surface area contributed by atoms with Gasteiger partial charge in [-0.05, 0) is 44.5 Å². The average Bonchev–Trinajstić information content (AvgIpc) is 3.09. The van der Waals surface area contributed by atoms with Gasteiger partial charge in [-0.3, -0.25) is 4.79 Å². The smallest absolute Gasteiger partial charge is 0.220 e. The van der Waals surface area contributed by atoms with Crippen LogP contribution in [0.15, 0.2) is 30.3 Å². The van der Waals surface area contributed by atoms with Crippen molar-refractivity contribution >= 4 is 5.91 Å². The quantitative estimate of drug-likeness (QED) is 0.810. The van der Waals surface area contributed by atoms with Crippen molar-refractivity contribution in [1.29, 1.82) is 0 Å². The molecule has 152 valence electrons. The monoisotopic (exact) mass is 382 g/mol. The highest BCUT2D eigenvalue weighted by Gasteiger charge is 2.55. The summed E-state index contributed by atoms with van der Waals surface area (Å²) in [6.45, 7) is 10.2. The van der Waals surface area contributed by atoms with Crippen LogP contribution in [-0.4, -0.2) is 85.6 Å². The highest BCUT2D eigenvalue weighted by atomic mass is 16.1. The fourth-order valence-corrected chi connectivity index (χ4v) is 6.28. The summed E-state index contributed by atoms with van der Waals surface area (Å²) in [6, 6.07) is 11.2. The molecular formula is C23H34N4O. The number of carbonyl (C=O) groups is 1. The molecule has 1 aromatic carbocycles. The molecule has 5 fully saturated rings. The van der Waals surface area contributed by atoms with E-state index < -0.39 is 0 Å². The number of rotatable bonds is 6. The van der Waals surface area contributed by atoms with Crippen LogP contribution in [0.3, 0.4) is 0 Å². The van der Waals surface area contributed by atoms with E-state index in [9.17, 15) is 4.79 Å². The molecular weight excluding hydrogens is 348 g/mol. The topological polar surface area (TPSA) is 38.8 Å². The third kappa shape index (κ3) is 3.49. The number of carbonyl (C=O) groups excluding carboxylic acids is 1. The molecule has 0 aromatic heterocycles. The maximum absolute atomic E-state index is 12.9. The lowest BCUT2D eigenvalue weighted by atomic mass is 9.64. The minimum atomic E-state index is 0.0313. The third-order valence-corrected chi connectivity index (χ3v) is 7.54. The molecule has 5 aliphatic heterocycles. The number of piperidine rings is 2. The first-order valence-electron chi connectivity index (χ1n) is 11.2. The Bertz CT molecular complexity index is 671. The van der Waals surface area contributed by atoms with Crippen LogP contribution in [0.2, 0.25) is 0 Å². The standard InChI is InChI=1S/C23H34N4O/c28-21(9-6-12-25-10-4-5-11-25)24-22-19-15-26-13-14-27(16-19)18-23(22,17-26)20-7-2-1-3-8-20/h1-3,7-8,19,22H,4-6,9-18H2,(H,24,28). The summed E-state index contributed by atoms with van der Waals surface area (Å²) < 4.78 is 0. The SMILES string of the molecule is O=C(CCCN1CCCC1)NC1C2CN3CCN(C2)CC1(c1ccccc1)C3. The number of nitrogens with zero attached hydrogens (tertiary/aromatic N) is 3. The maximum atomic E-state index is 12.9. The van der Waals surface area contributed by atoms with Crippen LogP contribution < -0.4 is 5.32 Å². The Morgan fingerprint density at radius 2 is 1.68 bits per heavy atom. The van der Waals surface area contributed by atoms with Gasteiger partial charge in [-0.15, -0.1) is 0 Å². The molecule has 1 amide bonds. The van der Waals surface area contributed by atoms with E-state index in [1.807, 2.05) is 0 Å². The van der Waals surface area contributed by atoms with Crippen molar-refractivity contribution < 1.29 is 4.79 Å². The Morgan fingerprint density at radius 3 is 2.36 bits per heavy atom. The van der Waals surface area contributed by atoms with Gasteiger partial charge in [0.05, 0.1) is 0 Å². The zero-order valence-corrected chi connectivity index (χ0v) is 17.0. The largest absolute Gasteiger partial charge is 0.352 e. The van der Waals surface area contributed by atoms with Gasteiger partial charge in [0.25, 0.3) is 0 Å². The van der Waals surface area contributed by atoms with Gasteiger partial charge in [-0.2, -0.15) is 0 Å². The number of nitrogens with one attached hydrogen (secondary N) is 1. The summed E-state index contributed by atoms with van der Waals surface area (Å²) in [5.74, 6) is 0.795. The highest BCUT2D eigenvalue weighted by Crippen LogP contribution is 2.43. The van der Waals surface area contributed by atoms with Crippen molar-refractivity contribution in [2.75, 3.05) is 58.9 Å². The van der Waals surface area contributed by atoms with Crippen LogP contribution in [0.1, 0.15) is 31.2 Å². The number of hydrogen-bond donors (Lipinski definition) is 1. The normalized spacial score (nSPS) is 37.1. The second-order valence-corrected chi connectivity index (χ2v) is 9.45. The first-order chi connectivity index (χ1) is 13.7. The molecule has 4 bridgehead atoms. The summed E-state index contributed by atoms with van der Waals surface area (Å²) in [4.78, 5) is 20.7. The van der Waals surface area contributed by atoms with E-state index in [0.29, 0.717) is 12.3 Å². The first kappa shape index (κ1) is 18.6. The summed E-state index contributed by atoms with van der Waals surface area (Å²) in [5, 5.41) is 3.54. The van der Waals surface area contributed by atoms with Gasteiger partial charge in [-0.1, -0.05) is 30.3 Å². The molecule has 6 rings (SSSR count). The third-order valence-electron chi connectivity index (χ3n) is 7.54. The van der Waals surface area contributed by atoms with Gasteiger partial charge in [-0.25, -0.2) is 0 Å². The lowest BCUT2D eigenvalue weighted by Crippen LogP contribution is -2.70. The first-order valence-corrected chi connectivity index (χ1v) is 11.2. The van der Waals surface area contributed by atoms with E-state index in [0.717, 1.165) is 39.1 Å². The predicted molar refractivity (Wildman–Crippen MR) is 111 cm³/mol. The summed E-state index contributed by atoms with van der Waals surface area (Å²) >= 11 is 0. The number of benzene rings is 1. The Morgan fingerprint density at radius 1 is 1.00 bits per heavy atom. The molecule has 5 aliphatic rings. The minimum absolute atomic E-state index is 0.0313.